The number of allylic oxidation sites excluding steroid dienone is 4. The van der Waals surface area contributed by atoms with E-state index in [-0.39, 0.29) is 0 Å². The first-order valence-electron chi connectivity index (χ1n) is 23.7. The van der Waals surface area contributed by atoms with Crippen molar-refractivity contribution in [3.63, 3.8) is 0 Å². The van der Waals surface area contributed by atoms with Crippen LogP contribution in [0.4, 0.5) is 17.1 Å². The van der Waals surface area contributed by atoms with Crippen LogP contribution in [0.3, 0.4) is 0 Å². The molecule has 0 radical (unpaired) electrons. The van der Waals surface area contributed by atoms with E-state index >= 15 is 0 Å². The lowest BCUT2D eigenvalue weighted by Crippen LogP contribution is -2.10. The first-order valence-corrected chi connectivity index (χ1v) is 23.7. The van der Waals surface area contributed by atoms with Crippen LogP contribution in [0, 0.1) is 0 Å². The first-order chi connectivity index (χ1) is 33.7. The van der Waals surface area contributed by atoms with Gasteiger partial charge in [-0.3, -0.25) is 0 Å². The summed E-state index contributed by atoms with van der Waals surface area (Å²) in [6.07, 6.45) is 8.85. The van der Waals surface area contributed by atoms with Gasteiger partial charge in [0, 0.05) is 33.5 Å². The summed E-state index contributed by atoms with van der Waals surface area (Å²) in [7, 11) is 0. The molecule has 68 heavy (non-hydrogen) atoms. The van der Waals surface area contributed by atoms with Crippen LogP contribution < -0.4 is 4.90 Å². The van der Waals surface area contributed by atoms with E-state index in [4.69, 9.17) is 0 Å². The summed E-state index contributed by atoms with van der Waals surface area (Å²) in [4.78, 5) is 2.41. The van der Waals surface area contributed by atoms with Crippen LogP contribution in [-0.2, 0) is 0 Å². The second kappa shape index (κ2) is 16.6. The SMILES string of the molecule is C1=CCCC(c2ccccc2-c2ccc(N(c3ccc(-c4cc5ccccc5c5ccccc45)cc3)c3cccc(-c4cccc5c4c4cc6ccccc6cc4n5-c4ccccc4)c3)cc2)=C1. The number of hydrogen-bond acceptors (Lipinski definition) is 1. The Hall–Kier alpha value is -8.72. The first kappa shape index (κ1) is 39.6. The summed E-state index contributed by atoms with van der Waals surface area (Å²) >= 11 is 0. The van der Waals surface area contributed by atoms with E-state index in [1.165, 1.54) is 93.1 Å². The fraction of sp³-hybridized carbons (Fsp3) is 0.0303. The Morgan fingerprint density at radius 2 is 0.971 bits per heavy atom. The van der Waals surface area contributed by atoms with Gasteiger partial charge in [-0.25, -0.2) is 0 Å². The maximum Gasteiger partial charge on any atom is 0.0547 e. The van der Waals surface area contributed by atoms with E-state index in [2.05, 4.69) is 264 Å². The molecule has 320 valence electrons. The van der Waals surface area contributed by atoms with Crippen molar-refractivity contribution in [1.29, 1.82) is 0 Å². The van der Waals surface area contributed by atoms with Crippen LogP contribution in [-0.4, -0.2) is 4.57 Å². The minimum Gasteiger partial charge on any atom is -0.310 e. The molecule has 0 N–H and O–H groups in total. The molecule has 0 aliphatic heterocycles. The molecule has 0 fully saturated rings. The monoisotopic (exact) mass is 866 g/mol. The second-order valence-corrected chi connectivity index (χ2v) is 18.0. The van der Waals surface area contributed by atoms with Crippen molar-refractivity contribution in [2.75, 3.05) is 4.90 Å². The number of benzene rings is 11. The lowest BCUT2D eigenvalue weighted by molar-refractivity contribution is 1.05. The van der Waals surface area contributed by atoms with Crippen LogP contribution in [0.25, 0.3) is 98.8 Å². The maximum absolute atomic E-state index is 2.43. The normalized spacial score (nSPS) is 12.6. The Bertz CT molecular complexity index is 3950. The summed E-state index contributed by atoms with van der Waals surface area (Å²) in [6, 6.07) is 87.2. The number of fused-ring (bicyclic) bond motifs is 7. The zero-order valence-electron chi connectivity index (χ0n) is 37.6. The summed E-state index contributed by atoms with van der Waals surface area (Å²) in [5.74, 6) is 0. The Balaban J connectivity index is 0.972. The maximum atomic E-state index is 2.43. The predicted octanol–water partition coefficient (Wildman–Crippen LogP) is 18.4. The Kier molecular flexibility index (Phi) is 9.68. The Morgan fingerprint density at radius 3 is 1.72 bits per heavy atom. The van der Waals surface area contributed by atoms with Crippen LogP contribution >= 0.6 is 0 Å². The van der Waals surface area contributed by atoms with Crippen LogP contribution in [0.1, 0.15) is 18.4 Å². The second-order valence-electron chi connectivity index (χ2n) is 18.0. The van der Waals surface area contributed by atoms with E-state index in [1.54, 1.807) is 0 Å². The molecule has 0 saturated carbocycles. The lowest BCUT2D eigenvalue weighted by atomic mass is 9.90. The van der Waals surface area contributed by atoms with Gasteiger partial charge in [0.05, 0.1) is 11.0 Å². The van der Waals surface area contributed by atoms with E-state index in [0.29, 0.717) is 0 Å². The Morgan fingerprint density at radius 1 is 0.353 bits per heavy atom. The molecule has 0 bridgehead atoms. The van der Waals surface area contributed by atoms with Crippen molar-refractivity contribution in [3.05, 3.63) is 260 Å². The molecule has 1 aliphatic carbocycles. The van der Waals surface area contributed by atoms with Crippen molar-refractivity contribution < 1.29 is 0 Å². The Labute approximate surface area is 396 Å². The number of aromatic nitrogens is 1. The molecule has 2 heteroatoms. The molecule has 1 aliphatic rings. The van der Waals surface area contributed by atoms with E-state index in [9.17, 15) is 0 Å². The molecule has 0 saturated heterocycles. The van der Waals surface area contributed by atoms with Crippen molar-refractivity contribution in [2.24, 2.45) is 0 Å². The predicted molar refractivity (Wildman–Crippen MR) is 291 cm³/mol. The lowest BCUT2D eigenvalue weighted by Gasteiger charge is -2.27. The largest absolute Gasteiger partial charge is 0.310 e. The third-order valence-corrected chi connectivity index (χ3v) is 14.0. The number of hydrogen-bond donors (Lipinski definition) is 0. The summed E-state index contributed by atoms with van der Waals surface area (Å²) in [5.41, 5.74) is 16.8. The highest BCUT2D eigenvalue weighted by molar-refractivity contribution is 6.19. The van der Waals surface area contributed by atoms with Crippen molar-refractivity contribution in [2.45, 2.75) is 12.8 Å². The van der Waals surface area contributed by atoms with E-state index in [0.717, 1.165) is 41.2 Å². The highest BCUT2D eigenvalue weighted by Crippen LogP contribution is 2.44. The standard InChI is InChI=1S/C66H46N2/c1-3-17-45(18-4-1)56-26-11-12-27-57(56)46-33-37-53(38-34-46)67(54-39-35-47(36-40-54)62-43-51-21-9-10-28-58(51)60-29-13-14-30-61(60)62)55-25-15-22-50(41-55)59-31-16-32-64-66(59)63-42-48-19-7-8-20-49(48)44-65(63)68(64)52-23-5-2-6-24-52/h1-3,5-17,19-44H,4,18H2. The molecule has 0 spiro atoms. The number of rotatable bonds is 8. The van der Waals surface area contributed by atoms with Gasteiger partial charge in [0.25, 0.3) is 0 Å². The molecule has 0 unspecified atom stereocenters. The zero-order valence-corrected chi connectivity index (χ0v) is 37.6. The summed E-state index contributed by atoms with van der Waals surface area (Å²) in [5, 5.41) is 10.0. The quantitative estimate of drug-likeness (QED) is 0.138. The van der Waals surface area contributed by atoms with Gasteiger partial charge in [0.2, 0.25) is 0 Å². The average Bonchev–Trinajstić information content (AvgIpc) is 3.74. The van der Waals surface area contributed by atoms with Crippen molar-refractivity contribution >= 4 is 76.8 Å². The molecule has 12 aromatic rings. The average molecular weight is 867 g/mol. The minimum absolute atomic E-state index is 1.05. The van der Waals surface area contributed by atoms with E-state index in [1.807, 2.05) is 0 Å². The van der Waals surface area contributed by atoms with Gasteiger partial charge in [-0.15, -0.1) is 0 Å². The highest BCUT2D eigenvalue weighted by atomic mass is 15.1. The van der Waals surface area contributed by atoms with Gasteiger partial charge in [-0.1, -0.05) is 182 Å². The van der Waals surface area contributed by atoms with E-state index < -0.39 is 0 Å². The van der Waals surface area contributed by atoms with Gasteiger partial charge < -0.3 is 9.47 Å². The molecule has 2 nitrogen and oxygen atoms in total. The third kappa shape index (κ3) is 6.81. The fourth-order valence-corrected chi connectivity index (χ4v) is 10.8. The molecule has 0 amide bonds. The molecular formula is C66H46N2. The van der Waals surface area contributed by atoms with Gasteiger partial charge in [-0.05, 0) is 162 Å². The summed E-state index contributed by atoms with van der Waals surface area (Å²) < 4.78 is 2.43. The molecule has 1 aromatic heterocycles. The van der Waals surface area contributed by atoms with Gasteiger partial charge in [0.1, 0.15) is 0 Å². The molecule has 0 atom stereocenters. The topological polar surface area (TPSA) is 8.17 Å². The minimum atomic E-state index is 1.05. The zero-order chi connectivity index (χ0) is 45.0. The molecule has 11 aromatic carbocycles. The number of para-hydroxylation sites is 1. The van der Waals surface area contributed by atoms with Crippen LogP contribution in [0.2, 0.25) is 0 Å². The van der Waals surface area contributed by atoms with Crippen LogP contribution in [0.15, 0.2) is 255 Å². The summed E-state index contributed by atoms with van der Waals surface area (Å²) in [6.45, 7) is 0. The van der Waals surface area contributed by atoms with Gasteiger partial charge in [-0.2, -0.15) is 0 Å². The number of nitrogens with zero attached hydrogens (tertiary/aromatic N) is 2. The third-order valence-electron chi connectivity index (χ3n) is 14.0. The van der Waals surface area contributed by atoms with Gasteiger partial charge >= 0.3 is 0 Å². The number of anilines is 3. The molecular weight excluding hydrogens is 821 g/mol. The smallest absolute Gasteiger partial charge is 0.0547 e. The highest BCUT2D eigenvalue weighted by Gasteiger charge is 2.20. The van der Waals surface area contributed by atoms with Crippen molar-refractivity contribution in [1.82, 2.24) is 4.57 Å². The molecule has 13 rings (SSSR count). The van der Waals surface area contributed by atoms with Gasteiger partial charge in [0.15, 0.2) is 0 Å². The van der Waals surface area contributed by atoms with Crippen molar-refractivity contribution in [3.8, 4) is 39.1 Å². The molecule has 1 heterocycles. The van der Waals surface area contributed by atoms with Crippen LogP contribution in [0.5, 0.6) is 0 Å². The fourth-order valence-electron chi connectivity index (χ4n) is 10.8.